The van der Waals surface area contributed by atoms with Crippen molar-refractivity contribution >= 4 is 0 Å². The van der Waals surface area contributed by atoms with E-state index in [2.05, 4.69) is 25.6 Å². The first-order chi connectivity index (χ1) is 9.79. The normalized spacial score (nSPS) is 13.9. The maximum atomic E-state index is 10.3. The van der Waals surface area contributed by atoms with E-state index in [-0.39, 0.29) is 12.0 Å². The summed E-state index contributed by atoms with van der Waals surface area (Å²) in [6.07, 6.45) is 11.5. The highest BCUT2D eigenvalue weighted by atomic mass is 16.3. The number of aliphatic hydroxyl groups excluding tert-OH is 1. The van der Waals surface area contributed by atoms with Crippen LogP contribution in [0.5, 0.6) is 0 Å². The molecule has 0 aliphatic heterocycles. The molecule has 1 N–H and O–H groups in total. The van der Waals surface area contributed by atoms with E-state index in [0.717, 1.165) is 18.4 Å². The summed E-state index contributed by atoms with van der Waals surface area (Å²) in [4.78, 5) is 0. The summed E-state index contributed by atoms with van der Waals surface area (Å²) in [5.74, 6) is 0.0660. The summed E-state index contributed by atoms with van der Waals surface area (Å²) in [6, 6.07) is 10.2. The van der Waals surface area contributed by atoms with Gasteiger partial charge < -0.3 is 5.11 Å². The van der Waals surface area contributed by atoms with Gasteiger partial charge >= 0.3 is 0 Å². The van der Waals surface area contributed by atoms with Crippen molar-refractivity contribution in [2.24, 2.45) is 0 Å². The molecule has 0 unspecified atom stereocenters. The number of hydrogen-bond acceptors (Lipinski definition) is 1. The molecule has 0 bridgehead atoms. The fourth-order valence-electron chi connectivity index (χ4n) is 2.68. The molecule has 1 aromatic rings. The second kappa shape index (κ2) is 10.7. The molecule has 1 heteroatoms. The fourth-order valence-corrected chi connectivity index (χ4v) is 2.68. The number of benzene rings is 1. The van der Waals surface area contributed by atoms with Gasteiger partial charge in [-0.25, -0.2) is 0 Å². The molecule has 20 heavy (non-hydrogen) atoms. The summed E-state index contributed by atoms with van der Waals surface area (Å²) in [6.45, 7) is 6.12. The Balaban J connectivity index is 2.23. The topological polar surface area (TPSA) is 20.2 Å². The molecule has 0 saturated carbocycles. The van der Waals surface area contributed by atoms with Crippen LogP contribution in [0.4, 0.5) is 0 Å². The van der Waals surface area contributed by atoms with Gasteiger partial charge in [0.15, 0.2) is 0 Å². The standard InChI is InChI=1S/C19H30O/c1-3-5-6-7-8-9-13-16-19(20)18(4-2)17-14-11-10-12-15-17/h4,10-12,14-15,18-20H,2-3,5-9,13,16H2,1H3/t18-,19+/m0/s1. The molecule has 0 radical (unpaired) electrons. The number of aliphatic hydroxyl groups is 1. The summed E-state index contributed by atoms with van der Waals surface area (Å²) >= 11 is 0. The van der Waals surface area contributed by atoms with Gasteiger partial charge in [0, 0.05) is 5.92 Å². The molecule has 1 rings (SSSR count). The van der Waals surface area contributed by atoms with Crippen LogP contribution in [0, 0.1) is 0 Å². The maximum Gasteiger partial charge on any atom is 0.0643 e. The number of hydrogen-bond donors (Lipinski definition) is 1. The predicted molar refractivity (Wildman–Crippen MR) is 88.0 cm³/mol. The maximum absolute atomic E-state index is 10.3. The predicted octanol–water partition coefficient (Wildman–Crippen LogP) is 5.46. The van der Waals surface area contributed by atoms with Gasteiger partial charge in [-0.2, -0.15) is 0 Å². The molecule has 0 fully saturated rings. The van der Waals surface area contributed by atoms with Gasteiger partial charge in [0.25, 0.3) is 0 Å². The van der Waals surface area contributed by atoms with Crippen molar-refractivity contribution in [3.8, 4) is 0 Å². The van der Waals surface area contributed by atoms with Gasteiger partial charge in [0.1, 0.15) is 0 Å². The molecular formula is C19H30O. The zero-order valence-electron chi connectivity index (χ0n) is 12.9. The minimum atomic E-state index is -0.300. The summed E-state index contributed by atoms with van der Waals surface area (Å²) < 4.78 is 0. The Labute approximate surface area is 124 Å². The van der Waals surface area contributed by atoms with Gasteiger partial charge in [-0.3, -0.25) is 0 Å². The molecule has 112 valence electrons. The molecular weight excluding hydrogens is 244 g/mol. The third-order valence-corrected chi connectivity index (χ3v) is 3.96. The highest BCUT2D eigenvalue weighted by Crippen LogP contribution is 2.24. The average Bonchev–Trinajstić information content (AvgIpc) is 2.48. The van der Waals surface area contributed by atoms with E-state index >= 15 is 0 Å². The Hall–Kier alpha value is -1.08. The van der Waals surface area contributed by atoms with Gasteiger partial charge in [0.2, 0.25) is 0 Å². The zero-order chi connectivity index (χ0) is 14.6. The third kappa shape index (κ3) is 6.38. The van der Waals surface area contributed by atoms with Gasteiger partial charge in [-0.05, 0) is 12.0 Å². The van der Waals surface area contributed by atoms with Crippen LogP contribution in [0.2, 0.25) is 0 Å². The molecule has 0 aliphatic carbocycles. The van der Waals surface area contributed by atoms with Crippen LogP contribution in [0.25, 0.3) is 0 Å². The Morgan fingerprint density at radius 2 is 1.60 bits per heavy atom. The fraction of sp³-hybridized carbons (Fsp3) is 0.579. The van der Waals surface area contributed by atoms with Crippen LogP contribution in [0.15, 0.2) is 43.0 Å². The van der Waals surface area contributed by atoms with Crippen molar-refractivity contribution in [1.82, 2.24) is 0 Å². The highest BCUT2D eigenvalue weighted by Gasteiger charge is 2.17. The Kier molecular flexibility index (Phi) is 9.06. The number of unbranched alkanes of at least 4 members (excludes halogenated alkanes) is 6. The lowest BCUT2D eigenvalue weighted by Crippen LogP contribution is -2.16. The molecule has 2 atom stereocenters. The lowest BCUT2D eigenvalue weighted by Gasteiger charge is -2.20. The summed E-state index contributed by atoms with van der Waals surface area (Å²) in [5.41, 5.74) is 1.16. The smallest absolute Gasteiger partial charge is 0.0643 e. The van der Waals surface area contributed by atoms with E-state index in [9.17, 15) is 5.11 Å². The minimum absolute atomic E-state index is 0.0660. The van der Waals surface area contributed by atoms with E-state index in [1.54, 1.807) is 0 Å². The van der Waals surface area contributed by atoms with E-state index in [1.807, 2.05) is 24.3 Å². The van der Waals surface area contributed by atoms with E-state index < -0.39 is 0 Å². The van der Waals surface area contributed by atoms with E-state index in [0.29, 0.717) is 0 Å². The van der Waals surface area contributed by atoms with Gasteiger partial charge in [0.05, 0.1) is 6.10 Å². The Morgan fingerprint density at radius 1 is 1.00 bits per heavy atom. The van der Waals surface area contributed by atoms with Crippen LogP contribution in [-0.2, 0) is 0 Å². The van der Waals surface area contributed by atoms with Crippen LogP contribution >= 0.6 is 0 Å². The van der Waals surface area contributed by atoms with Crippen molar-refractivity contribution in [3.05, 3.63) is 48.6 Å². The van der Waals surface area contributed by atoms with Crippen molar-refractivity contribution in [3.63, 3.8) is 0 Å². The average molecular weight is 274 g/mol. The quantitative estimate of drug-likeness (QED) is 0.420. The minimum Gasteiger partial charge on any atom is -0.392 e. The van der Waals surface area contributed by atoms with Crippen molar-refractivity contribution in [2.45, 2.75) is 70.3 Å². The largest absolute Gasteiger partial charge is 0.392 e. The van der Waals surface area contributed by atoms with Gasteiger partial charge in [-0.15, -0.1) is 6.58 Å². The lowest BCUT2D eigenvalue weighted by molar-refractivity contribution is 0.145. The molecule has 0 amide bonds. The van der Waals surface area contributed by atoms with Crippen LogP contribution < -0.4 is 0 Å². The number of rotatable bonds is 11. The van der Waals surface area contributed by atoms with Crippen LogP contribution in [0.3, 0.4) is 0 Å². The highest BCUT2D eigenvalue weighted by molar-refractivity contribution is 5.24. The monoisotopic (exact) mass is 274 g/mol. The molecule has 0 aliphatic rings. The Morgan fingerprint density at radius 3 is 2.20 bits per heavy atom. The van der Waals surface area contributed by atoms with Crippen LogP contribution in [-0.4, -0.2) is 11.2 Å². The van der Waals surface area contributed by atoms with Crippen LogP contribution in [0.1, 0.15) is 69.8 Å². The lowest BCUT2D eigenvalue weighted by atomic mass is 9.90. The molecule has 0 saturated heterocycles. The zero-order valence-corrected chi connectivity index (χ0v) is 12.9. The molecule has 1 aromatic carbocycles. The molecule has 0 spiro atoms. The molecule has 0 heterocycles. The van der Waals surface area contributed by atoms with Crippen molar-refractivity contribution in [2.75, 3.05) is 0 Å². The Bertz CT molecular complexity index is 344. The van der Waals surface area contributed by atoms with Gasteiger partial charge in [-0.1, -0.05) is 88.3 Å². The first-order valence-corrected chi connectivity index (χ1v) is 8.15. The molecule has 1 nitrogen and oxygen atoms in total. The second-order valence-electron chi connectivity index (χ2n) is 5.65. The first kappa shape index (κ1) is 17.0. The molecule has 0 aromatic heterocycles. The third-order valence-electron chi connectivity index (χ3n) is 3.96. The second-order valence-corrected chi connectivity index (χ2v) is 5.65. The summed E-state index contributed by atoms with van der Waals surface area (Å²) in [7, 11) is 0. The first-order valence-electron chi connectivity index (χ1n) is 8.15. The summed E-state index contributed by atoms with van der Waals surface area (Å²) in [5, 5.41) is 10.3. The SMILES string of the molecule is C=C[C@@H](c1ccccc1)[C@H](O)CCCCCCCCC. The van der Waals surface area contributed by atoms with E-state index in [1.165, 1.54) is 38.5 Å². The van der Waals surface area contributed by atoms with E-state index in [4.69, 9.17) is 0 Å². The van der Waals surface area contributed by atoms with Crippen molar-refractivity contribution in [1.29, 1.82) is 0 Å². The van der Waals surface area contributed by atoms with Crippen molar-refractivity contribution < 1.29 is 5.11 Å².